The SMILES string of the molecule is CCOc1cc(C=Nn2c(-c3cc4c(OC)cccc4o3)nc3ccccc3c2=O)cc([N+](=O)[O-])c1OCC(=O)Nc1ccc(F)cc1. The predicted molar refractivity (Wildman–Crippen MR) is 176 cm³/mol. The number of halogens is 1. The number of hydrogen-bond acceptors (Lipinski definition) is 10. The Hall–Kier alpha value is -6.57. The number of nitro benzene ring substituents is 1. The van der Waals surface area contributed by atoms with Gasteiger partial charge in [-0.2, -0.15) is 9.78 Å². The maximum absolute atomic E-state index is 13.7. The Kier molecular flexibility index (Phi) is 8.79. The molecule has 4 aromatic carbocycles. The summed E-state index contributed by atoms with van der Waals surface area (Å²) in [4.78, 5) is 42.3. The van der Waals surface area contributed by atoms with Crippen molar-refractivity contribution in [3.63, 3.8) is 0 Å². The van der Waals surface area contributed by atoms with Gasteiger partial charge in [-0.05, 0) is 67.6 Å². The summed E-state index contributed by atoms with van der Waals surface area (Å²) >= 11 is 0. The molecule has 0 atom stereocenters. The van der Waals surface area contributed by atoms with Crippen LogP contribution in [0.1, 0.15) is 12.5 Å². The zero-order valence-corrected chi connectivity index (χ0v) is 25.5. The standard InChI is InChI=1S/C34H26FN5O8/c1-3-46-29-16-20(15-26(40(43)44)32(29)47-19-31(41)37-22-13-11-21(35)12-14-22)18-36-39-33(38-25-8-5-4-7-23(25)34(39)42)30-17-24-27(45-2)9-6-10-28(24)48-30/h4-18H,3,19H2,1-2H3,(H,37,41). The molecule has 6 rings (SSSR count). The number of nitrogens with one attached hydrogen (secondary N) is 1. The minimum absolute atomic E-state index is 0.0312. The van der Waals surface area contributed by atoms with Crippen LogP contribution >= 0.6 is 0 Å². The van der Waals surface area contributed by atoms with Crippen molar-refractivity contribution in [2.45, 2.75) is 6.92 Å². The van der Waals surface area contributed by atoms with Crippen LogP contribution in [0.4, 0.5) is 15.8 Å². The van der Waals surface area contributed by atoms with Crippen molar-refractivity contribution in [1.82, 2.24) is 9.66 Å². The number of aromatic nitrogens is 2. The number of carbonyl (C=O) groups is 1. The minimum Gasteiger partial charge on any atom is -0.496 e. The summed E-state index contributed by atoms with van der Waals surface area (Å²) in [7, 11) is 1.53. The molecule has 2 heterocycles. The van der Waals surface area contributed by atoms with Crippen LogP contribution in [-0.4, -0.2) is 47.0 Å². The first-order valence-corrected chi connectivity index (χ1v) is 14.5. The second-order valence-electron chi connectivity index (χ2n) is 10.2. The predicted octanol–water partition coefficient (Wildman–Crippen LogP) is 6.16. The lowest BCUT2D eigenvalue weighted by Gasteiger charge is -2.13. The second kappa shape index (κ2) is 13.4. The van der Waals surface area contributed by atoms with Crippen molar-refractivity contribution in [2.24, 2.45) is 5.10 Å². The number of fused-ring (bicyclic) bond motifs is 2. The van der Waals surface area contributed by atoms with Gasteiger partial charge in [0.15, 0.2) is 18.1 Å². The molecule has 0 aliphatic rings. The van der Waals surface area contributed by atoms with Gasteiger partial charge in [-0.25, -0.2) is 9.37 Å². The average molecular weight is 652 g/mol. The largest absolute Gasteiger partial charge is 0.496 e. The molecule has 13 nitrogen and oxygen atoms in total. The van der Waals surface area contributed by atoms with Gasteiger partial charge in [0.1, 0.15) is 17.1 Å². The molecule has 2 aromatic heterocycles. The van der Waals surface area contributed by atoms with Gasteiger partial charge in [0.2, 0.25) is 11.6 Å². The Labute approximate surface area is 270 Å². The van der Waals surface area contributed by atoms with Gasteiger partial charge in [0.25, 0.3) is 11.5 Å². The third-order valence-electron chi connectivity index (χ3n) is 7.07. The summed E-state index contributed by atoms with van der Waals surface area (Å²) in [6.07, 6.45) is 1.24. The van der Waals surface area contributed by atoms with E-state index < -0.39 is 34.5 Å². The van der Waals surface area contributed by atoms with E-state index in [1.54, 1.807) is 55.5 Å². The summed E-state index contributed by atoms with van der Waals surface area (Å²) in [6.45, 7) is 1.19. The Bertz CT molecular complexity index is 2260. The highest BCUT2D eigenvalue weighted by Gasteiger charge is 2.24. The molecule has 0 spiro atoms. The number of carbonyl (C=O) groups excluding carboxylic acids is 1. The highest BCUT2D eigenvalue weighted by atomic mass is 19.1. The van der Waals surface area contributed by atoms with Gasteiger partial charge < -0.3 is 23.9 Å². The van der Waals surface area contributed by atoms with Gasteiger partial charge in [0, 0.05) is 17.3 Å². The Morgan fingerprint density at radius 1 is 1.04 bits per heavy atom. The fourth-order valence-electron chi connectivity index (χ4n) is 4.93. The Balaban J connectivity index is 1.38. The van der Waals surface area contributed by atoms with Gasteiger partial charge in [-0.1, -0.05) is 18.2 Å². The second-order valence-corrected chi connectivity index (χ2v) is 10.2. The molecule has 1 N–H and O–H groups in total. The first-order valence-electron chi connectivity index (χ1n) is 14.5. The van der Waals surface area contributed by atoms with Crippen LogP contribution in [0.2, 0.25) is 0 Å². The number of benzene rings is 4. The molecule has 1 amide bonds. The molecule has 14 heteroatoms. The smallest absolute Gasteiger partial charge is 0.315 e. The molecule has 0 fully saturated rings. The number of amides is 1. The fraction of sp³-hybridized carbons (Fsp3) is 0.118. The van der Waals surface area contributed by atoms with Crippen LogP contribution in [0.5, 0.6) is 17.2 Å². The monoisotopic (exact) mass is 651 g/mol. The van der Waals surface area contributed by atoms with Gasteiger partial charge in [-0.3, -0.25) is 19.7 Å². The molecule has 0 saturated carbocycles. The van der Waals surface area contributed by atoms with Crippen molar-refractivity contribution in [1.29, 1.82) is 0 Å². The lowest BCUT2D eigenvalue weighted by atomic mass is 10.2. The van der Waals surface area contributed by atoms with E-state index in [1.807, 2.05) is 0 Å². The number of rotatable bonds is 11. The minimum atomic E-state index is -0.690. The molecule has 0 aliphatic heterocycles. The van der Waals surface area contributed by atoms with Crippen LogP contribution in [0.15, 0.2) is 99.2 Å². The average Bonchev–Trinajstić information content (AvgIpc) is 3.53. The van der Waals surface area contributed by atoms with Crippen LogP contribution in [-0.2, 0) is 4.79 Å². The number of anilines is 1. The fourth-order valence-corrected chi connectivity index (χ4v) is 4.93. The lowest BCUT2D eigenvalue weighted by Crippen LogP contribution is -2.21. The first-order chi connectivity index (χ1) is 23.2. The molecular weight excluding hydrogens is 625 g/mol. The molecule has 0 saturated heterocycles. The molecule has 0 bridgehead atoms. The Morgan fingerprint density at radius 3 is 2.58 bits per heavy atom. The van der Waals surface area contributed by atoms with E-state index in [-0.39, 0.29) is 40.6 Å². The number of nitro groups is 1. The maximum atomic E-state index is 13.7. The summed E-state index contributed by atoms with van der Waals surface area (Å²) in [5.74, 6) is -0.545. The number of hydrogen-bond donors (Lipinski definition) is 1. The number of para-hydroxylation sites is 1. The topological polar surface area (TPSA) is 160 Å². The quantitative estimate of drug-likeness (QED) is 0.0982. The van der Waals surface area contributed by atoms with E-state index >= 15 is 0 Å². The van der Waals surface area contributed by atoms with E-state index in [4.69, 9.17) is 18.6 Å². The van der Waals surface area contributed by atoms with Gasteiger partial charge in [0.05, 0.1) is 41.1 Å². The summed E-state index contributed by atoms with van der Waals surface area (Å²) in [5.41, 5.74) is 0.398. The van der Waals surface area contributed by atoms with Crippen LogP contribution in [0.3, 0.4) is 0 Å². The number of methoxy groups -OCH3 is 1. The highest BCUT2D eigenvalue weighted by Crippen LogP contribution is 2.38. The Morgan fingerprint density at radius 2 is 1.83 bits per heavy atom. The molecule has 242 valence electrons. The number of nitrogens with zero attached hydrogens (tertiary/aromatic N) is 4. The van der Waals surface area contributed by atoms with E-state index in [1.165, 1.54) is 49.7 Å². The van der Waals surface area contributed by atoms with Crippen molar-refractivity contribution >= 4 is 45.4 Å². The van der Waals surface area contributed by atoms with Crippen LogP contribution < -0.4 is 25.1 Å². The summed E-state index contributed by atoms with van der Waals surface area (Å²) in [6, 6.07) is 21.4. The normalized spacial score (nSPS) is 11.2. The first kappa shape index (κ1) is 31.4. The molecular formula is C34H26FN5O8. The third kappa shape index (κ3) is 6.39. The summed E-state index contributed by atoms with van der Waals surface area (Å²) in [5, 5.41) is 20.0. The molecule has 0 aliphatic carbocycles. The van der Waals surface area contributed by atoms with Crippen molar-refractivity contribution in [3.8, 4) is 28.8 Å². The molecule has 0 radical (unpaired) electrons. The third-order valence-corrected chi connectivity index (χ3v) is 7.07. The lowest BCUT2D eigenvalue weighted by molar-refractivity contribution is -0.385. The van der Waals surface area contributed by atoms with Crippen LogP contribution in [0.25, 0.3) is 33.5 Å². The van der Waals surface area contributed by atoms with Crippen molar-refractivity contribution < 1.29 is 32.7 Å². The number of ether oxygens (including phenoxy) is 3. The van der Waals surface area contributed by atoms with Crippen molar-refractivity contribution in [2.75, 3.05) is 25.6 Å². The van der Waals surface area contributed by atoms with Crippen LogP contribution in [0, 0.1) is 15.9 Å². The van der Waals surface area contributed by atoms with E-state index in [9.17, 15) is 24.1 Å². The highest BCUT2D eigenvalue weighted by molar-refractivity contribution is 5.92. The van der Waals surface area contributed by atoms with E-state index in [2.05, 4.69) is 15.4 Å². The zero-order chi connectivity index (χ0) is 33.8. The van der Waals surface area contributed by atoms with E-state index in [0.29, 0.717) is 27.9 Å². The summed E-state index contributed by atoms with van der Waals surface area (Å²) < 4.78 is 37.0. The van der Waals surface area contributed by atoms with Crippen molar-refractivity contribution in [3.05, 3.63) is 117 Å². The van der Waals surface area contributed by atoms with Gasteiger partial charge >= 0.3 is 5.69 Å². The molecule has 48 heavy (non-hydrogen) atoms. The van der Waals surface area contributed by atoms with E-state index in [0.717, 1.165) is 4.68 Å². The molecule has 0 unspecified atom stereocenters. The number of furan rings is 1. The van der Waals surface area contributed by atoms with Gasteiger partial charge in [-0.15, -0.1) is 0 Å². The molecule has 6 aromatic rings. The maximum Gasteiger partial charge on any atom is 0.315 e. The zero-order valence-electron chi connectivity index (χ0n) is 25.5.